The monoisotopic (exact) mass is 570 g/mol. The van der Waals surface area contributed by atoms with Gasteiger partial charge in [-0.25, -0.2) is 0 Å². The number of thioether (sulfide) groups is 2. The van der Waals surface area contributed by atoms with Gasteiger partial charge in [-0.05, 0) is 68.8 Å². The second-order valence-electron chi connectivity index (χ2n) is 10.9. The number of nitrogen functional groups attached to an aromatic ring is 2. The Bertz CT molecular complexity index is 1310. The highest BCUT2D eigenvalue weighted by Crippen LogP contribution is 2.57. The molecule has 0 fully saturated rings. The van der Waals surface area contributed by atoms with Crippen LogP contribution in [0.2, 0.25) is 0 Å². The Hall–Kier alpha value is -2.00. The van der Waals surface area contributed by atoms with Crippen LogP contribution in [0.5, 0.6) is 0 Å². The number of nitrogens with two attached hydrogens (primary N) is 2. The lowest BCUT2D eigenvalue weighted by molar-refractivity contribution is -0.634. The van der Waals surface area contributed by atoms with Crippen LogP contribution in [0.3, 0.4) is 0 Å². The fourth-order valence-corrected chi connectivity index (χ4v) is 10.3. The van der Waals surface area contributed by atoms with Crippen molar-refractivity contribution in [1.29, 1.82) is 0 Å². The molecule has 4 rings (SSSR count). The average molecular weight is 571 g/mol. The van der Waals surface area contributed by atoms with E-state index in [1.54, 1.807) is 22.7 Å². The molecule has 196 valence electrons. The molecule has 8 heteroatoms. The Morgan fingerprint density at radius 3 is 1.32 bits per heavy atom. The Morgan fingerprint density at radius 1 is 0.622 bits per heavy atom. The molecule has 4 nitrogen and oxygen atoms in total. The first-order valence-electron chi connectivity index (χ1n) is 12.3. The zero-order valence-corrected chi connectivity index (χ0v) is 26.2. The topological polar surface area (TPSA) is 59.8 Å². The largest absolute Gasteiger partial charge is 0.393 e. The first-order valence-corrected chi connectivity index (χ1v) is 15.7. The molecule has 0 aliphatic rings. The highest BCUT2D eigenvalue weighted by molar-refractivity contribution is 8.03. The van der Waals surface area contributed by atoms with Gasteiger partial charge in [-0.2, -0.15) is 0 Å². The van der Waals surface area contributed by atoms with E-state index in [9.17, 15) is 0 Å². The van der Waals surface area contributed by atoms with Crippen molar-refractivity contribution in [2.24, 2.45) is 5.41 Å². The number of hydrogen-bond acceptors (Lipinski definition) is 6. The highest BCUT2D eigenvalue weighted by atomic mass is 32.2. The van der Waals surface area contributed by atoms with Gasteiger partial charge < -0.3 is 11.5 Å². The first kappa shape index (κ1) is 28.0. The summed E-state index contributed by atoms with van der Waals surface area (Å²) in [5.74, 6) is 0. The van der Waals surface area contributed by atoms with Crippen molar-refractivity contribution in [3.8, 4) is 11.4 Å². The highest BCUT2D eigenvalue weighted by Gasteiger charge is 2.52. The minimum absolute atomic E-state index is 0.0642. The van der Waals surface area contributed by atoms with Crippen molar-refractivity contribution in [2.75, 3.05) is 11.5 Å². The van der Waals surface area contributed by atoms with Crippen LogP contribution in [0.15, 0.2) is 68.0 Å². The molecule has 0 radical (unpaired) electrons. The number of anilines is 2. The van der Waals surface area contributed by atoms with E-state index in [4.69, 9.17) is 11.5 Å². The summed E-state index contributed by atoms with van der Waals surface area (Å²) in [6, 6.07) is 16.2. The first-order chi connectivity index (χ1) is 17.3. The van der Waals surface area contributed by atoms with E-state index in [0.29, 0.717) is 0 Å². The van der Waals surface area contributed by atoms with Crippen LogP contribution in [-0.2, 0) is 0 Å². The summed E-state index contributed by atoms with van der Waals surface area (Å²) in [5, 5.41) is 4.44. The Morgan fingerprint density at radius 2 is 0.973 bits per heavy atom. The van der Waals surface area contributed by atoms with Gasteiger partial charge in [0.2, 0.25) is 11.4 Å². The maximum absolute atomic E-state index is 6.39. The van der Waals surface area contributed by atoms with Crippen LogP contribution < -0.4 is 20.6 Å². The maximum atomic E-state index is 6.39. The lowest BCUT2D eigenvalue weighted by Gasteiger charge is -2.49. The number of aryl methyl sites for hydroxylation is 2. The standard InChI is InChI=1S/C29H38N4S4/c1-19-17-34-25(32(19)23-15-11-9-13-21(23)30)36-28(5,6)27(3,4)29(7,8)37-26-33(20(2)18-35-26)24-16-12-10-14-22(24)31/h9-18H,30-31H2,1-8H3/q+2. The van der Waals surface area contributed by atoms with E-state index < -0.39 is 0 Å². The van der Waals surface area contributed by atoms with E-state index in [1.165, 1.54) is 20.1 Å². The number of benzene rings is 2. The predicted molar refractivity (Wildman–Crippen MR) is 164 cm³/mol. The number of rotatable bonds is 8. The van der Waals surface area contributed by atoms with Crippen molar-refractivity contribution < 1.29 is 9.13 Å². The van der Waals surface area contributed by atoms with E-state index >= 15 is 0 Å². The maximum Gasteiger partial charge on any atom is 0.304 e. The summed E-state index contributed by atoms with van der Waals surface area (Å²) in [6.45, 7) is 18.6. The summed E-state index contributed by atoms with van der Waals surface area (Å²) >= 11 is 7.46. The summed E-state index contributed by atoms with van der Waals surface area (Å²) < 4.78 is 6.92. The third kappa shape index (κ3) is 5.18. The Labute approximate surface area is 238 Å². The molecule has 0 aliphatic heterocycles. The van der Waals surface area contributed by atoms with Crippen molar-refractivity contribution in [3.63, 3.8) is 0 Å². The molecule has 0 bridgehead atoms. The molecule has 0 atom stereocenters. The van der Waals surface area contributed by atoms with Gasteiger partial charge in [0, 0.05) is 35.5 Å². The van der Waals surface area contributed by atoms with Gasteiger partial charge in [-0.1, -0.05) is 60.8 Å². The SMILES string of the molecule is Cc1csc(SC(C)(C)C(C)(C)C(C)(C)Sc2scc(C)[n+]2-c2ccccc2N)[n+]1-c1ccccc1N. The van der Waals surface area contributed by atoms with Gasteiger partial charge >= 0.3 is 8.68 Å². The lowest BCUT2D eigenvalue weighted by atomic mass is 9.71. The molecule has 0 aliphatic carbocycles. The fourth-order valence-electron chi connectivity index (χ4n) is 4.29. The minimum Gasteiger partial charge on any atom is -0.393 e. The smallest absolute Gasteiger partial charge is 0.304 e. The summed E-state index contributed by atoms with van der Waals surface area (Å²) in [4.78, 5) is 0. The molecule has 0 spiro atoms. The van der Waals surface area contributed by atoms with E-state index in [2.05, 4.69) is 99.5 Å². The number of para-hydroxylation sites is 4. The van der Waals surface area contributed by atoms with Gasteiger partial charge in [0.1, 0.15) is 11.4 Å². The minimum atomic E-state index is -0.0883. The third-order valence-electron chi connectivity index (χ3n) is 7.78. The Balaban J connectivity index is 1.67. The molecular formula is C29H38N4S4+2. The van der Waals surface area contributed by atoms with Crippen LogP contribution in [0.1, 0.15) is 52.9 Å². The lowest BCUT2D eigenvalue weighted by Crippen LogP contribution is -2.51. The van der Waals surface area contributed by atoms with Crippen LogP contribution in [0, 0.1) is 19.3 Å². The van der Waals surface area contributed by atoms with E-state index in [-0.39, 0.29) is 14.9 Å². The van der Waals surface area contributed by atoms with E-state index in [0.717, 1.165) is 22.7 Å². The van der Waals surface area contributed by atoms with Crippen molar-refractivity contribution in [2.45, 2.75) is 73.6 Å². The van der Waals surface area contributed by atoms with Gasteiger partial charge in [0.25, 0.3) is 0 Å². The molecule has 4 aromatic rings. The van der Waals surface area contributed by atoms with Crippen molar-refractivity contribution in [3.05, 3.63) is 70.7 Å². The molecule has 0 saturated carbocycles. The van der Waals surface area contributed by atoms with Crippen molar-refractivity contribution in [1.82, 2.24) is 0 Å². The van der Waals surface area contributed by atoms with Crippen LogP contribution in [0.4, 0.5) is 11.4 Å². The molecule has 4 N–H and O–H groups in total. The normalized spacial score (nSPS) is 12.8. The number of hydrogen-bond donors (Lipinski definition) is 2. The Kier molecular flexibility index (Phi) is 7.79. The molecule has 0 saturated heterocycles. The fraction of sp³-hybridized carbons (Fsp3) is 0.379. The molecule has 0 unspecified atom stereocenters. The zero-order chi connectivity index (χ0) is 27.2. The number of nitrogens with zero attached hydrogens (tertiary/aromatic N) is 2. The second kappa shape index (κ2) is 10.3. The van der Waals surface area contributed by atoms with Crippen LogP contribution in [-0.4, -0.2) is 9.49 Å². The van der Waals surface area contributed by atoms with Gasteiger partial charge in [-0.15, -0.1) is 9.13 Å². The molecule has 2 aromatic heterocycles. The van der Waals surface area contributed by atoms with Crippen molar-refractivity contribution >= 4 is 57.6 Å². The molecule has 2 heterocycles. The number of thiazole rings is 2. The molecule has 2 aromatic carbocycles. The van der Waals surface area contributed by atoms with Gasteiger partial charge in [0.15, 0.2) is 11.4 Å². The summed E-state index contributed by atoms with van der Waals surface area (Å²) in [7, 11) is 0. The average Bonchev–Trinajstić information content (AvgIpc) is 3.35. The summed E-state index contributed by atoms with van der Waals surface area (Å²) in [5.41, 5.74) is 18.8. The molecule has 0 amide bonds. The zero-order valence-electron chi connectivity index (χ0n) is 23.0. The van der Waals surface area contributed by atoms with Crippen LogP contribution >= 0.6 is 46.2 Å². The summed E-state index contributed by atoms with van der Waals surface area (Å²) in [6.07, 6.45) is 0. The predicted octanol–water partition coefficient (Wildman–Crippen LogP) is 7.61. The van der Waals surface area contributed by atoms with Gasteiger partial charge in [-0.3, -0.25) is 0 Å². The third-order valence-corrected chi connectivity index (χ3v) is 13.3. The number of aromatic nitrogens is 2. The van der Waals surface area contributed by atoms with Gasteiger partial charge in [0.05, 0.1) is 10.8 Å². The molecule has 37 heavy (non-hydrogen) atoms. The molecular weight excluding hydrogens is 533 g/mol. The quantitative estimate of drug-likeness (QED) is 0.130. The second-order valence-corrected chi connectivity index (χ2v) is 16.4. The van der Waals surface area contributed by atoms with E-state index in [1.807, 2.05) is 47.8 Å². The van der Waals surface area contributed by atoms with Crippen LogP contribution in [0.25, 0.3) is 11.4 Å².